The lowest BCUT2D eigenvalue weighted by Gasteiger charge is -2.18. The number of hydrogen-bond donors (Lipinski definition) is 2. The number of aryl methyl sites for hydroxylation is 1. The number of hydrogen-bond acceptors (Lipinski definition) is 4. The summed E-state index contributed by atoms with van der Waals surface area (Å²) in [5, 5.41) is 17.7. The molecule has 0 saturated carbocycles. The Hall–Kier alpha value is -2.39. The molecule has 1 heterocycles. The molecule has 112 valence electrons. The molecule has 0 spiro atoms. The van der Waals surface area contributed by atoms with E-state index >= 15 is 0 Å². The van der Waals surface area contributed by atoms with Gasteiger partial charge in [0.1, 0.15) is 0 Å². The van der Waals surface area contributed by atoms with Crippen LogP contribution in [0.4, 0.5) is 0 Å². The normalized spacial score (nSPS) is 10.0. The van der Waals surface area contributed by atoms with E-state index in [4.69, 9.17) is 10.2 Å². The largest absolute Gasteiger partial charge is 0.480 e. The lowest BCUT2D eigenvalue weighted by atomic mass is 10.1. The highest BCUT2D eigenvalue weighted by atomic mass is 16.4. The predicted octanol–water partition coefficient (Wildman–Crippen LogP) is 0.987. The van der Waals surface area contributed by atoms with Gasteiger partial charge in [0.25, 0.3) is 0 Å². The zero-order valence-electron chi connectivity index (χ0n) is 12.1. The molecule has 0 aliphatic rings. The van der Waals surface area contributed by atoms with Gasteiger partial charge < -0.3 is 10.2 Å². The van der Waals surface area contributed by atoms with E-state index in [-0.39, 0.29) is 19.6 Å². The van der Waals surface area contributed by atoms with Crippen LogP contribution in [-0.2, 0) is 22.6 Å². The van der Waals surface area contributed by atoms with Crippen molar-refractivity contribution in [2.75, 3.05) is 13.1 Å². The lowest BCUT2D eigenvalue weighted by molar-refractivity contribution is -0.142. The van der Waals surface area contributed by atoms with Gasteiger partial charge in [-0.15, -0.1) is 5.92 Å². The topological polar surface area (TPSA) is 90.7 Å². The van der Waals surface area contributed by atoms with Crippen molar-refractivity contribution in [3.63, 3.8) is 0 Å². The molecule has 0 fully saturated rings. The fourth-order valence-electron chi connectivity index (χ4n) is 1.91. The third-order valence-corrected chi connectivity index (χ3v) is 2.67. The Bertz CT molecular complexity index is 571. The van der Waals surface area contributed by atoms with Crippen LogP contribution in [0.5, 0.6) is 0 Å². The van der Waals surface area contributed by atoms with Crippen LogP contribution in [0.3, 0.4) is 0 Å². The summed E-state index contributed by atoms with van der Waals surface area (Å²) < 4.78 is 0. The quantitative estimate of drug-likeness (QED) is 0.728. The maximum atomic E-state index is 10.8. The van der Waals surface area contributed by atoms with Crippen LogP contribution in [0, 0.1) is 11.8 Å². The average Bonchev–Trinajstić information content (AvgIpc) is 2.37. The molecule has 0 atom stereocenters. The fraction of sp³-hybridized carbons (Fsp3) is 0.400. The van der Waals surface area contributed by atoms with Gasteiger partial charge in [-0.25, -0.2) is 0 Å². The summed E-state index contributed by atoms with van der Waals surface area (Å²) in [6.07, 6.45) is 0.726. The van der Waals surface area contributed by atoms with E-state index in [9.17, 15) is 9.59 Å². The van der Waals surface area contributed by atoms with E-state index < -0.39 is 11.9 Å². The second-order valence-electron chi connectivity index (χ2n) is 4.50. The Morgan fingerprint density at radius 2 is 1.76 bits per heavy atom. The predicted molar refractivity (Wildman–Crippen MR) is 76.7 cm³/mol. The molecule has 0 radical (unpaired) electrons. The van der Waals surface area contributed by atoms with E-state index in [1.54, 1.807) is 13.0 Å². The Kier molecular flexibility index (Phi) is 6.37. The van der Waals surface area contributed by atoms with Crippen LogP contribution in [0.25, 0.3) is 0 Å². The maximum Gasteiger partial charge on any atom is 0.317 e. The monoisotopic (exact) mass is 290 g/mol. The molecular formula is C15H18N2O4. The van der Waals surface area contributed by atoms with Crippen LogP contribution >= 0.6 is 0 Å². The molecule has 0 unspecified atom stereocenters. The minimum atomic E-state index is -1.07. The second-order valence-corrected chi connectivity index (χ2v) is 4.50. The van der Waals surface area contributed by atoms with Crippen LogP contribution < -0.4 is 0 Å². The zero-order valence-corrected chi connectivity index (χ0v) is 12.1. The van der Waals surface area contributed by atoms with E-state index in [2.05, 4.69) is 16.8 Å². The Morgan fingerprint density at radius 1 is 1.19 bits per heavy atom. The molecule has 6 nitrogen and oxygen atoms in total. The minimum absolute atomic E-state index is 0.158. The molecule has 0 aliphatic heterocycles. The highest BCUT2D eigenvalue weighted by molar-refractivity contribution is 5.72. The molecule has 6 heteroatoms. The summed E-state index contributed by atoms with van der Waals surface area (Å²) in [4.78, 5) is 27.3. The summed E-state index contributed by atoms with van der Waals surface area (Å²) in [5.41, 5.74) is 2.26. The molecule has 21 heavy (non-hydrogen) atoms. The zero-order chi connectivity index (χ0) is 15.8. The van der Waals surface area contributed by atoms with Crippen molar-refractivity contribution < 1.29 is 19.8 Å². The molecular weight excluding hydrogens is 272 g/mol. The molecule has 1 aromatic heterocycles. The molecule has 0 aromatic carbocycles. The van der Waals surface area contributed by atoms with E-state index in [1.807, 2.05) is 13.0 Å². The molecule has 0 amide bonds. The first-order valence-corrected chi connectivity index (χ1v) is 6.53. The number of aromatic nitrogens is 1. The number of carboxylic acids is 2. The number of aliphatic carboxylic acids is 2. The summed E-state index contributed by atoms with van der Waals surface area (Å²) in [6, 6.07) is 3.63. The maximum absolute atomic E-state index is 10.8. The first kappa shape index (κ1) is 16.7. The first-order chi connectivity index (χ1) is 9.94. The highest BCUT2D eigenvalue weighted by Crippen LogP contribution is 2.09. The van der Waals surface area contributed by atoms with Crippen molar-refractivity contribution >= 4 is 11.9 Å². The van der Waals surface area contributed by atoms with Crippen LogP contribution in [-0.4, -0.2) is 45.1 Å². The third kappa shape index (κ3) is 6.06. The molecule has 0 bridgehead atoms. The Morgan fingerprint density at radius 3 is 2.24 bits per heavy atom. The lowest BCUT2D eigenvalue weighted by Crippen LogP contribution is -2.34. The molecule has 1 rings (SSSR count). The van der Waals surface area contributed by atoms with Gasteiger partial charge in [-0.3, -0.25) is 19.5 Å². The molecule has 0 saturated heterocycles. The van der Waals surface area contributed by atoms with Gasteiger partial charge in [-0.1, -0.05) is 12.8 Å². The minimum Gasteiger partial charge on any atom is -0.480 e. The summed E-state index contributed by atoms with van der Waals surface area (Å²) in [7, 11) is 0. The number of rotatable bonds is 7. The Balaban J connectivity index is 2.99. The molecule has 1 aromatic rings. The number of pyridine rings is 1. The average molecular weight is 290 g/mol. The van der Waals surface area contributed by atoms with Gasteiger partial charge in [0.05, 0.1) is 18.8 Å². The van der Waals surface area contributed by atoms with Gasteiger partial charge in [-0.05, 0) is 25.5 Å². The van der Waals surface area contributed by atoms with Crippen molar-refractivity contribution in [2.24, 2.45) is 0 Å². The van der Waals surface area contributed by atoms with Crippen LogP contribution in [0.15, 0.2) is 12.1 Å². The number of carbonyl (C=O) groups is 2. The first-order valence-electron chi connectivity index (χ1n) is 6.53. The van der Waals surface area contributed by atoms with E-state index in [0.717, 1.165) is 17.7 Å². The number of nitrogens with zero attached hydrogens (tertiary/aromatic N) is 2. The van der Waals surface area contributed by atoms with E-state index in [1.165, 1.54) is 4.90 Å². The fourth-order valence-corrected chi connectivity index (χ4v) is 1.91. The smallest absolute Gasteiger partial charge is 0.317 e. The standard InChI is InChI=1S/C15H18N2O4/c1-3-5-11-6-12(4-2)16-13(7-11)8-17(9-14(18)19)10-15(20)21/h6-7H,4,8-10H2,1-2H3,(H,18,19)(H,20,21). The van der Waals surface area contributed by atoms with Crippen LogP contribution in [0.2, 0.25) is 0 Å². The van der Waals surface area contributed by atoms with Gasteiger partial charge in [0, 0.05) is 17.8 Å². The SMILES string of the molecule is CC#Cc1cc(CC)nc(CN(CC(=O)O)CC(=O)O)c1. The van der Waals surface area contributed by atoms with Gasteiger partial charge in [-0.2, -0.15) is 0 Å². The van der Waals surface area contributed by atoms with Gasteiger partial charge >= 0.3 is 11.9 Å². The van der Waals surface area contributed by atoms with Crippen molar-refractivity contribution in [2.45, 2.75) is 26.8 Å². The number of carboxylic acid groups (broad SMARTS) is 2. The van der Waals surface area contributed by atoms with E-state index in [0.29, 0.717) is 5.69 Å². The summed E-state index contributed by atoms with van der Waals surface area (Å²) in [5.74, 6) is 3.59. The third-order valence-electron chi connectivity index (χ3n) is 2.67. The van der Waals surface area contributed by atoms with Crippen molar-refractivity contribution in [3.05, 3.63) is 29.1 Å². The summed E-state index contributed by atoms with van der Waals surface area (Å²) >= 11 is 0. The Labute approximate surface area is 123 Å². The summed E-state index contributed by atoms with van der Waals surface area (Å²) in [6.45, 7) is 3.15. The second kappa shape index (κ2) is 8.02. The van der Waals surface area contributed by atoms with Crippen molar-refractivity contribution in [1.29, 1.82) is 0 Å². The van der Waals surface area contributed by atoms with Crippen molar-refractivity contribution in [1.82, 2.24) is 9.88 Å². The van der Waals surface area contributed by atoms with Gasteiger partial charge in [0.15, 0.2) is 0 Å². The van der Waals surface area contributed by atoms with Gasteiger partial charge in [0.2, 0.25) is 0 Å². The van der Waals surface area contributed by atoms with Crippen LogP contribution in [0.1, 0.15) is 30.8 Å². The highest BCUT2D eigenvalue weighted by Gasteiger charge is 2.15. The molecule has 0 aliphatic carbocycles. The van der Waals surface area contributed by atoms with Crippen molar-refractivity contribution in [3.8, 4) is 11.8 Å². The molecule has 2 N–H and O–H groups in total.